The lowest BCUT2D eigenvalue weighted by Gasteiger charge is -2.07. The maximum atomic E-state index is 12.6. The molecule has 0 N–H and O–H groups in total. The number of rotatable bonds is 4. The quantitative estimate of drug-likeness (QED) is 0.650. The van der Waals surface area contributed by atoms with Crippen molar-refractivity contribution in [3.8, 4) is 5.75 Å². The van der Waals surface area contributed by atoms with Gasteiger partial charge in [0.2, 0.25) is 0 Å². The number of sulfone groups is 1. The average molecular weight is 419 g/mol. The van der Waals surface area contributed by atoms with Crippen LogP contribution in [0.4, 0.5) is 0 Å². The molecule has 0 radical (unpaired) electrons. The summed E-state index contributed by atoms with van der Waals surface area (Å²) in [5.41, 5.74) is 2.30. The fraction of sp³-hybridized carbons (Fsp3) is 0.300. The largest absolute Gasteiger partial charge is 0.495 e. The Morgan fingerprint density at radius 1 is 1.14 bits per heavy atom. The Labute approximate surface area is 168 Å². The zero-order chi connectivity index (χ0) is 20.6. The van der Waals surface area contributed by atoms with Crippen molar-refractivity contribution in [2.75, 3.05) is 7.11 Å². The molecule has 3 rings (SSSR count). The number of fused-ring (bicyclic) bond motifs is 1. The van der Waals surface area contributed by atoms with Crippen molar-refractivity contribution in [1.29, 1.82) is 0 Å². The summed E-state index contributed by atoms with van der Waals surface area (Å²) in [7, 11) is 0.0735. The molecular weight excluding hydrogens is 396 g/mol. The molecule has 8 heteroatoms. The van der Waals surface area contributed by atoms with E-state index in [4.69, 9.17) is 4.74 Å². The summed E-state index contributed by atoms with van der Waals surface area (Å²) in [6.07, 6.45) is 0. The highest BCUT2D eigenvalue weighted by Crippen LogP contribution is 2.29. The zero-order valence-electron chi connectivity index (χ0n) is 16.4. The summed E-state index contributed by atoms with van der Waals surface area (Å²) in [6, 6.07) is 9.77. The van der Waals surface area contributed by atoms with Crippen LogP contribution < -0.4 is 9.54 Å². The molecule has 1 amide bonds. The first-order valence-corrected chi connectivity index (χ1v) is 11.1. The number of thiazole rings is 1. The van der Waals surface area contributed by atoms with Crippen LogP contribution in [-0.2, 0) is 16.9 Å². The minimum Gasteiger partial charge on any atom is -0.495 e. The predicted molar refractivity (Wildman–Crippen MR) is 111 cm³/mol. The predicted octanol–water partition coefficient (Wildman–Crippen LogP) is 3.48. The van der Waals surface area contributed by atoms with Crippen LogP contribution in [0.3, 0.4) is 0 Å². The highest BCUT2D eigenvalue weighted by Gasteiger charge is 2.19. The Bertz CT molecular complexity index is 1220. The van der Waals surface area contributed by atoms with Gasteiger partial charge in [0.1, 0.15) is 11.3 Å². The number of hydrogen-bond donors (Lipinski definition) is 0. The number of benzene rings is 2. The maximum absolute atomic E-state index is 12.6. The Morgan fingerprint density at radius 3 is 2.36 bits per heavy atom. The summed E-state index contributed by atoms with van der Waals surface area (Å²) in [5, 5.41) is -0.519. The number of ether oxygens (including phenoxy) is 1. The zero-order valence-corrected chi connectivity index (χ0v) is 18.0. The van der Waals surface area contributed by atoms with Gasteiger partial charge in [-0.2, -0.15) is 4.99 Å². The maximum Gasteiger partial charge on any atom is 0.279 e. The van der Waals surface area contributed by atoms with Crippen molar-refractivity contribution in [1.82, 2.24) is 4.57 Å². The van der Waals surface area contributed by atoms with Gasteiger partial charge in [-0.05, 0) is 56.7 Å². The summed E-state index contributed by atoms with van der Waals surface area (Å²) in [6.45, 7) is 5.25. The number of aryl methyl sites for hydroxylation is 2. The van der Waals surface area contributed by atoms with Crippen LogP contribution in [0.5, 0.6) is 5.75 Å². The lowest BCUT2D eigenvalue weighted by molar-refractivity contribution is 0.0998. The van der Waals surface area contributed by atoms with Crippen molar-refractivity contribution in [3.05, 3.63) is 52.3 Å². The van der Waals surface area contributed by atoms with Crippen molar-refractivity contribution in [3.63, 3.8) is 0 Å². The van der Waals surface area contributed by atoms with Crippen molar-refractivity contribution >= 4 is 37.3 Å². The molecule has 0 saturated carbocycles. The smallest absolute Gasteiger partial charge is 0.279 e. The van der Waals surface area contributed by atoms with Gasteiger partial charge in [0, 0.05) is 12.6 Å². The van der Waals surface area contributed by atoms with Crippen LogP contribution >= 0.6 is 11.3 Å². The molecular formula is C20H22N2O4S2. The third-order valence-corrected chi connectivity index (χ3v) is 8.01. The number of amides is 1. The van der Waals surface area contributed by atoms with Gasteiger partial charge in [-0.1, -0.05) is 17.4 Å². The van der Waals surface area contributed by atoms with E-state index in [1.807, 2.05) is 30.7 Å². The van der Waals surface area contributed by atoms with Crippen LogP contribution in [0.1, 0.15) is 29.8 Å². The molecule has 0 bridgehead atoms. The van der Waals surface area contributed by atoms with Crippen LogP contribution in [0.15, 0.2) is 46.3 Å². The van der Waals surface area contributed by atoms with E-state index in [0.717, 1.165) is 21.5 Å². The monoisotopic (exact) mass is 418 g/mol. The SMILES string of the molecule is COc1ccc(C)c2sc(=NC(=O)c3ccc(S(=O)(=O)C(C)C)cc3)n(C)c12. The normalized spacial score (nSPS) is 12.7. The highest BCUT2D eigenvalue weighted by molar-refractivity contribution is 7.92. The fourth-order valence-corrected chi connectivity index (χ4v) is 4.99. The van der Waals surface area contributed by atoms with Crippen LogP contribution in [0.25, 0.3) is 10.2 Å². The van der Waals surface area contributed by atoms with Gasteiger partial charge in [0.25, 0.3) is 5.91 Å². The third-order valence-electron chi connectivity index (χ3n) is 4.57. The standard InChI is InChI=1S/C20H22N2O4S2/c1-12(2)28(24,25)15-9-7-14(8-10-15)19(23)21-20-22(4)17-16(26-5)11-6-13(3)18(17)27-20/h6-12H,1-5H3. The van der Waals surface area contributed by atoms with E-state index < -0.39 is 21.0 Å². The van der Waals surface area contributed by atoms with Gasteiger partial charge in [0.05, 0.1) is 22.0 Å². The highest BCUT2D eigenvalue weighted by atomic mass is 32.2. The van der Waals surface area contributed by atoms with Crippen molar-refractivity contribution in [2.24, 2.45) is 12.0 Å². The van der Waals surface area contributed by atoms with Crippen LogP contribution in [0, 0.1) is 6.92 Å². The van der Waals surface area contributed by atoms with E-state index in [-0.39, 0.29) is 4.90 Å². The van der Waals surface area contributed by atoms with E-state index >= 15 is 0 Å². The van der Waals surface area contributed by atoms with E-state index in [1.165, 1.54) is 35.6 Å². The van der Waals surface area contributed by atoms with Gasteiger partial charge in [-0.3, -0.25) is 4.79 Å². The second kappa shape index (κ2) is 7.52. The number of carbonyl (C=O) groups is 1. The minimum absolute atomic E-state index is 0.201. The Balaban J connectivity index is 2.04. The molecule has 1 heterocycles. The van der Waals surface area contributed by atoms with E-state index in [9.17, 15) is 13.2 Å². The lowest BCUT2D eigenvalue weighted by Crippen LogP contribution is -2.15. The topological polar surface area (TPSA) is 77.7 Å². The molecule has 0 atom stereocenters. The third kappa shape index (κ3) is 3.49. The summed E-state index contributed by atoms with van der Waals surface area (Å²) in [4.78, 5) is 17.6. The van der Waals surface area contributed by atoms with Crippen molar-refractivity contribution in [2.45, 2.75) is 30.9 Å². The number of carbonyl (C=O) groups excluding carboxylic acids is 1. The molecule has 0 saturated heterocycles. The molecule has 1 aromatic heterocycles. The van der Waals surface area contributed by atoms with E-state index in [2.05, 4.69) is 4.99 Å². The molecule has 0 spiro atoms. The first kappa shape index (κ1) is 20.3. The summed E-state index contributed by atoms with van der Waals surface area (Å²) < 4.78 is 32.7. The first-order chi connectivity index (χ1) is 13.2. The number of aromatic nitrogens is 1. The number of nitrogens with zero attached hydrogens (tertiary/aromatic N) is 2. The molecule has 0 unspecified atom stereocenters. The molecule has 0 aliphatic rings. The molecule has 28 heavy (non-hydrogen) atoms. The second-order valence-electron chi connectivity index (χ2n) is 6.74. The van der Waals surface area contributed by atoms with Crippen LogP contribution in [-0.4, -0.2) is 31.3 Å². The Kier molecular flexibility index (Phi) is 5.45. The molecule has 148 valence electrons. The van der Waals surface area contributed by atoms with Gasteiger partial charge in [0.15, 0.2) is 14.6 Å². The van der Waals surface area contributed by atoms with Crippen LogP contribution in [0.2, 0.25) is 0 Å². The van der Waals surface area contributed by atoms with E-state index in [1.54, 1.807) is 21.0 Å². The Hall–Kier alpha value is -2.45. The molecule has 3 aromatic rings. The molecule has 2 aromatic carbocycles. The lowest BCUT2D eigenvalue weighted by atomic mass is 10.2. The average Bonchev–Trinajstić information content (AvgIpc) is 2.99. The molecule has 0 aliphatic carbocycles. The Morgan fingerprint density at radius 2 is 1.79 bits per heavy atom. The molecule has 0 fully saturated rings. The van der Waals surface area contributed by atoms with Gasteiger partial charge < -0.3 is 9.30 Å². The second-order valence-corrected chi connectivity index (χ2v) is 10.2. The number of hydrogen-bond acceptors (Lipinski definition) is 5. The minimum atomic E-state index is -3.37. The molecule has 0 aliphatic heterocycles. The van der Waals surface area contributed by atoms with Crippen molar-refractivity contribution < 1.29 is 17.9 Å². The van der Waals surface area contributed by atoms with Gasteiger partial charge in [-0.15, -0.1) is 0 Å². The van der Waals surface area contributed by atoms with Gasteiger partial charge in [-0.25, -0.2) is 8.42 Å². The fourth-order valence-electron chi connectivity index (χ4n) is 2.83. The number of methoxy groups -OCH3 is 1. The summed E-state index contributed by atoms with van der Waals surface area (Å²) >= 11 is 1.41. The van der Waals surface area contributed by atoms with Gasteiger partial charge >= 0.3 is 0 Å². The van der Waals surface area contributed by atoms with E-state index in [0.29, 0.717) is 10.4 Å². The molecule has 6 nitrogen and oxygen atoms in total. The first-order valence-electron chi connectivity index (χ1n) is 8.73. The summed E-state index contributed by atoms with van der Waals surface area (Å²) in [5.74, 6) is 0.295.